The van der Waals surface area contributed by atoms with Crippen molar-refractivity contribution in [2.45, 2.75) is 52.2 Å². The van der Waals surface area contributed by atoms with Gasteiger partial charge in [-0.3, -0.25) is 4.79 Å². The summed E-state index contributed by atoms with van der Waals surface area (Å²) in [5, 5.41) is 2.60. The van der Waals surface area contributed by atoms with Crippen molar-refractivity contribution in [2.75, 3.05) is 0 Å². The summed E-state index contributed by atoms with van der Waals surface area (Å²) in [6, 6.07) is 5.30. The van der Waals surface area contributed by atoms with Crippen LogP contribution in [0.5, 0.6) is 0 Å². The fraction of sp³-hybridized carbons (Fsp3) is 0.500. The van der Waals surface area contributed by atoms with E-state index in [4.69, 9.17) is 4.74 Å². The molecular weight excluding hydrogens is 273 g/mol. The van der Waals surface area contributed by atoms with Crippen LogP contribution in [-0.2, 0) is 20.7 Å². The van der Waals surface area contributed by atoms with Gasteiger partial charge in [0.05, 0.1) is 0 Å². The number of benzene rings is 1. The first-order chi connectivity index (χ1) is 9.67. The summed E-state index contributed by atoms with van der Waals surface area (Å²) >= 11 is 0. The van der Waals surface area contributed by atoms with E-state index in [0.717, 1.165) is 5.56 Å². The Balaban J connectivity index is 2.39. The van der Waals surface area contributed by atoms with E-state index in [2.05, 4.69) is 5.32 Å². The van der Waals surface area contributed by atoms with Crippen LogP contribution in [0.4, 0.5) is 4.39 Å². The lowest BCUT2D eigenvalue weighted by Crippen LogP contribution is -2.42. The van der Waals surface area contributed by atoms with Gasteiger partial charge in [0.25, 0.3) is 0 Å². The Morgan fingerprint density at radius 2 is 1.81 bits per heavy atom. The minimum atomic E-state index is -0.690. The Morgan fingerprint density at radius 1 is 1.24 bits per heavy atom. The lowest BCUT2D eigenvalue weighted by molar-refractivity contribution is -0.158. The summed E-state index contributed by atoms with van der Waals surface area (Å²) < 4.78 is 17.9. The van der Waals surface area contributed by atoms with Gasteiger partial charge >= 0.3 is 5.97 Å². The molecule has 0 unspecified atom stereocenters. The smallest absolute Gasteiger partial charge is 0.328 e. The molecule has 0 saturated heterocycles. The summed E-state index contributed by atoms with van der Waals surface area (Å²) in [4.78, 5) is 23.5. The first-order valence-electron chi connectivity index (χ1n) is 6.94. The number of nitrogens with one attached hydrogen (secondary N) is 1. The van der Waals surface area contributed by atoms with E-state index in [0.29, 0.717) is 6.42 Å². The van der Waals surface area contributed by atoms with E-state index in [-0.39, 0.29) is 18.1 Å². The van der Waals surface area contributed by atoms with E-state index in [1.54, 1.807) is 39.8 Å². The number of ether oxygens (including phenoxy) is 1. The van der Waals surface area contributed by atoms with Gasteiger partial charge < -0.3 is 10.1 Å². The van der Waals surface area contributed by atoms with E-state index < -0.39 is 17.6 Å². The maximum atomic E-state index is 12.8. The van der Waals surface area contributed by atoms with Crippen LogP contribution < -0.4 is 5.32 Å². The molecule has 1 rings (SSSR count). The molecule has 0 aliphatic rings. The Bertz CT molecular complexity index is 491. The molecule has 0 aliphatic heterocycles. The van der Waals surface area contributed by atoms with Crippen molar-refractivity contribution in [1.29, 1.82) is 0 Å². The molecule has 0 radical (unpaired) electrons. The Hall–Kier alpha value is -1.91. The predicted molar refractivity (Wildman–Crippen MR) is 78.2 cm³/mol. The van der Waals surface area contributed by atoms with E-state index in [1.807, 2.05) is 0 Å². The van der Waals surface area contributed by atoms with Crippen molar-refractivity contribution in [3.05, 3.63) is 35.6 Å². The summed E-state index contributed by atoms with van der Waals surface area (Å²) in [7, 11) is 0. The van der Waals surface area contributed by atoms with Crippen molar-refractivity contribution in [3.8, 4) is 0 Å². The fourth-order valence-corrected chi connectivity index (χ4v) is 1.67. The van der Waals surface area contributed by atoms with Gasteiger partial charge in [-0.2, -0.15) is 0 Å². The van der Waals surface area contributed by atoms with E-state index in [1.165, 1.54) is 12.1 Å². The molecule has 1 aromatic carbocycles. The third-order valence-electron chi connectivity index (χ3n) is 2.69. The molecule has 1 atom stereocenters. The van der Waals surface area contributed by atoms with Gasteiger partial charge in [-0.25, -0.2) is 9.18 Å². The first-order valence-corrected chi connectivity index (χ1v) is 6.94. The minimum absolute atomic E-state index is 0.235. The summed E-state index contributed by atoms with van der Waals surface area (Å²) in [5.74, 6) is -1.00. The number of rotatable bonds is 5. The van der Waals surface area contributed by atoms with Gasteiger partial charge in [-0.1, -0.05) is 12.1 Å². The van der Waals surface area contributed by atoms with Crippen LogP contribution in [0.25, 0.3) is 0 Å². The van der Waals surface area contributed by atoms with Crippen molar-refractivity contribution in [2.24, 2.45) is 0 Å². The van der Waals surface area contributed by atoms with Gasteiger partial charge in [0.15, 0.2) is 0 Å². The zero-order valence-electron chi connectivity index (χ0n) is 12.9. The quantitative estimate of drug-likeness (QED) is 0.850. The average Bonchev–Trinajstić information content (AvgIpc) is 2.36. The molecule has 0 saturated carbocycles. The van der Waals surface area contributed by atoms with Crippen LogP contribution in [0, 0.1) is 5.82 Å². The molecule has 5 heteroatoms. The highest BCUT2D eigenvalue weighted by molar-refractivity contribution is 5.84. The van der Waals surface area contributed by atoms with Crippen LogP contribution in [0.3, 0.4) is 0 Å². The molecule has 4 nitrogen and oxygen atoms in total. The van der Waals surface area contributed by atoms with Crippen LogP contribution >= 0.6 is 0 Å². The molecule has 0 bridgehead atoms. The number of hydrogen-bond acceptors (Lipinski definition) is 3. The lowest BCUT2D eigenvalue weighted by atomic mass is 10.1. The highest BCUT2D eigenvalue weighted by Gasteiger charge is 2.22. The zero-order valence-corrected chi connectivity index (χ0v) is 12.9. The number of amides is 1. The molecule has 0 aromatic heterocycles. The molecular formula is C16H22FNO3. The molecule has 0 fully saturated rings. The van der Waals surface area contributed by atoms with Crippen LogP contribution in [0.2, 0.25) is 0 Å². The van der Waals surface area contributed by atoms with Crippen LogP contribution in [0.15, 0.2) is 24.3 Å². The number of carbonyl (C=O) groups is 2. The Kier molecular flexibility index (Phi) is 5.88. The second kappa shape index (κ2) is 7.20. The molecule has 0 heterocycles. The molecule has 1 amide bonds. The number of aryl methyl sites for hydroxylation is 1. The van der Waals surface area contributed by atoms with Crippen molar-refractivity contribution >= 4 is 11.9 Å². The normalized spacial score (nSPS) is 12.6. The number of esters is 1. The molecule has 116 valence electrons. The number of hydrogen-bond donors (Lipinski definition) is 1. The van der Waals surface area contributed by atoms with E-state index >= 15 is 0 Å². The molecule has 1 aromatic rings. The van der Waals surface area contributed by atoms with Crippen molar-refractivity contribution < 1.29 is 18.7 Å². The van der Waals surface area contributed by atoms with Gasteiger partial charge in [-0.15, -0.1) is 0 Å². The van der Waals surface area contributed by atoms with Crippen molar-refractivity contribution in [1.82, 2.24) is 5.32 Å². The summed E-state index contributed by atoms with van der Waals surface area (Å²) in [6.07, 6.45) is 0.728. The monoisotopic (exact) mass is 295 g/mol. The van der Waals surface area contributed by atoms with Crippen LogP contribution in [0.1, 0.15) is 39.7 Å². The largest absolute Gasteiger partial charge is 0.458 e. The van der Waals surface area contributed by atoms with Gasteiger partial charge in [0.2, 0.25) is 5.91 Å². The third-order valence-corrected chi connectivity index (χ3v) is 2.69. The summed E-state index contributed by atoms with van der Waals surface area (Å²) in [6.45, 7) is 6.90. The fourth-order valence-electron chi connectivity index (χ4n) is 1.67. The Labute approximate surface area is 124 Å². The molecule has 21 heavy (non-hydrogen) atoms. The minimum Gasteiger partial charge on any atom is -0.458 e. The second-order valence-corrected chi connectivity index (χ2v) is 5.95. The highest BCUT2D eigenvalue weighted by Crippen LogP contribution is 2.09. The third kappa shape index (κ3) is 6.88. The number of halogens is 1. The second-order valence-electron chi connectivity index (χ2n) is 5.95. The lowest BCUT2D eigenvalue weighted by Gasteiger charge is -2.22. The maximum Gasteiger partial charge on any atom is 0.328 e. The molecule has 0 spiro atoms. The molecule has 1 N–H and O–H groups in total. The van der Waals surface area contributed by atoms with Crippen molar-refractivity contribution in [3.63, 3.8) is 0 Å². The summed E-state index contributed by atoms with van der Waals surface area (Å²) in [5.41, 5.74) is 0.293. The predicted octanol–water partition coefficient (Wildman–Crippen LogP) is 2.60. The first kappa shape index (κ1) is 17.1. The van der Waals surface area contributed by atoms with Gasteiger partial charge in [-0.05, 0) is 51.8 Å². The SMILES string of the molecule is C[C@@H](NC(=O)CCc1ccc(F)cc1)C(=O)OC(C)(C)C. The molecule has 0 aliphatic carbocycles. The van der Waals surface area contributed by atoms with Gasteiger partial charge in [0, 0.05) is 6.42 Å². The zero-order chi connectivity index (χ0) is 16.0. The van der Waals surface area contributed by atoms with E-state index in [9.17, 15) is 14.0 Å². The standard InChI is InChI=1S/C16H22FNO3/c1-11(15(20)21-16(2,3)4)18-14(19)10-7-12-5-8-13(17)9-6-12/h5-6,8-9,11H,7,10H2,1-4H3,(H,18,19)/t11-/m1/s1. The maximum absolute atomic E-state index is 12.8. The average molecular weight is 295 g/mol. The van der Waals surface area contributed by atoms with Crippen LogP contribution in [-0.4, -0.2) is 23.5 Å². The topological polar surface area (TPSA) is 55.4 Å². The number of carbonyl (C=O) groups excluding carboxylic acids is 2. The Morgan fingerprint density at radius 3 is 2.33 bits per heavy atom. The highest BCUT2D eigenvalue weighted by atomic mass is 19.1. The van der Waals surface area contributed by atoms with Gasteiger partial charge in [0.1, 0.15) is 17.5 Å².